The Morgan fingerprint density at radius 2 is 1.90 bits per heavy atom. The largest absolute Gasteiger partial charge is 0.294 e. The Labute approximate surface area is 244 Å². The summed E-state index contributed by atoms with van der Waals surface area (Å²) < 4.78 is 0. The van der Waals surface area contributed by atoms with E-state index in [9.17, 15) is 4.79 Å². The van der Waals surface area contributed by atoms with Crippen molar-refractivity contribution in [2.24, 2.45) is 17.3 Å². The molecule has 2 aromatic carbocycles. The van der Waals surface area contributed by atoms with Crippen LogP contribution in [0.3, 0.4) is 0 Å². The topological polar surface area (TPSA) is 17.1 Å². The molecule has 40 heavy (non-hydrogen) atoms. The molecule has 0 N–H and O–H groups in total. The normalized spacial score (nSPS) is 22.1. The number of Topliss-reactive ketones (excluding diaryl/α,β-unsaturated/α-hetero) is 1. The number of ketones is 1. The van der Waals surface area contributed by atoms with Gasteiger partial charge < -0.3 is 0 Å². The molecule has 0 saturated heterocycles. The molecule has 0 radical (unpaired) electrons. The van der Waals surface area contributed by atoms with Crippen LogP contribution in [0.4, 0.5) is 0 Å². The predicted molar refractivity (Wildman–Crippen MR) is 171 cm³/mol. The van der Waals surface area contributed by atoms with Gasteiger partial charge >= 0.3 is 0 Å². The second-order valence-corrected chi connectivity index (χ2v) is 11.7. The first-order valence-corrected chi connectivity index (χ1v) is 15.2. The molecular formula is C39H46O. The summed E-state index contributed by atoms with van der Waals surface area (Å²) in [5, 5.41) is 0. The van der Waals surface area contributed by atoms with Gasteiger partial charge in [0.1, 0.15) is 0 Å². The van der Waals surface area contributed by atoms with Crippen molar-refractivity contribution >= 4 is 5.78 Å². The molecule has 1 nitrogen and oxygen atoms in total. The molecular weight excluding hydrogens is 484 g/mol. The van der Waals surface area contributed by atoms with E-state index < -0.39 is 0 Å². The quantitative estimate of drug-likeness (QED) is 0.257. The average molecular weight is 531 g/mol. The summed E-state index contributed by atoms with van der Waals surface area (Å²) in [6.45, 7) is 13.1. The van der Waals surface area contributed by atoms with Crippen LogP contribution in [0.5, 0.6) is 0 Å². The molecule has 3 aliphatic rings. The van der Waals surface area contributed by atoms with Crippen molar-refractivity contribution in [1.29, 1.82) is 0 Å². The van der Waals surface area contributed by atoms with E-state index in [-0.39, 0.29) is 13.1 Å². The molecule has 0 bridgehead atoms. The summed E-state index contributed by atoms with van der Waals surface area (Å²) in [5.41, 5.74) is 9.27. The molecule has 0 aliphatic heterocycles. The molecule has 1 saturated carbocycles. The third-order valence-electron chi connectivity index (χ3n) is 8.75. The zero-order valence-electron chi connectivity index (χ0n) is 25.3. The number of fused-ring (bicyclic) bond motifs is 1. The Hall–Kier alpha value is -3.55. The van der Waals surface area contributed by atoms with Gasteiger partial charge in [0.25, 0.3) is 0 Å². The highest BCUT2D eigenvalue weighted by Gasteiger charge is 2.34. The van der Waals surface area contributed by atoms with Gasteiger partial charge in [0, 0.05) is 36.0 Å². The first-order valence-electron chi connectivity index (χ1n) is 15.2. The van der Waals surface area contributed by atoms with Crippen LogP contribution in [0.1, 0.15) is 99.9 Å². The highest BCUT2D eigenvalue weighted by Crippen LogP contribution is 2.45. The van der Waals surface area contributed by atoms with E-state index in [2.05, 4.69) is 87.8 Å². The summed E-state index contributed by atoms with van der Waals surface area (Å²) >= 11 is 0. The van der Waals surface area contributed by atoms with E-state index in [1.807, 2.05) is 38.1 Å². The number of hydrogen-bond acceptors (Lipinski definition) is 1. The van der Waals surface area contributed by atoms with E-state index in [4.69, 9.17) is 0 Å². The molecule has 1 heteroatoms. The molecule has 3 aliphatic carbocycles. The van der Waals surface area contributed by atoms with Crippen molar-refractivity contribution in [2.75, 3.05) is 0 Å². The fourth-order valence-corrected chi connectivity index (χ4v) is 6.34. The van der Waals surface area contributed by atoms with Crippen molar-refractivity contribution < 1.29 is 6.22 Å². The van der Waals surface area contributed by atoms with Crippen molar-refractivity contribution in [3.05, 3.63) is 105 Å². The molecule has 2 unspecified atom stereocenters. The van der Waals surface area contributed by atoms with Gasteiger partial charge in [-0.05, 0) is 96.9 Å². The number of benzene rings is 2. The SMILES string of the molecule is CC.CCc1cc(CC(=O)c2ccc(C)c(C#CC3=CC=C4C#CC=CC43)c2)ccc1CC1(C)CC[C@@H](CC)C1.[HH]. The van der Waals surface area contributed by atoms with Gasteiger partial charge in [0.2, 0.25) is 0 Å². The van der Waals surface area contributed by atoms with Crippen molar-refractivity contribution in [1.82, 2.24) is 0 Å². The average Bonchev–Trinajstić information content (AvgIpc) is 3.57. The van der Waals surface area contributed by atoms with Crippen LogP contribution in [0.2, 0.25) is 0 Å². The molecule has 208 valence electrons. The van der Waals surface area contributed by atoms with Gasteiger partial charge in [-0.25, -0.2) is 0 Å². The first-order chi connectivity index (χ1) is 19.4. The lowest BCUT2D eigenvalue weighted by Gasteiger charge is -2.26. The Kier molecular flexibility index (Phi) is 9.71. The summed E-state index contributed by atoms with van der Waals surface area (Å²) in [7, 11) is 0. The van der Waals surface area contributed by atoms with Crippen molar-refractivity contribution in [2.45, 2.75) is 86.5 Å². The van der Waals surface area contributed by atoms with Crippen LogP contribution in [0.25, 0.3) is 0 Å². The van der Waals surface area contributed by atoms with Gasteiger partial charge in [-0.2, -0.15) is 0 Å². The standard InChI is InChI=1S/C37H38O.C2H6.H2/c1-5-27-19-20-37(4,24-27)25-34-14-12-28(21-29(34)6-2)22-36(38)33-13-11-26(3)32(23-33)18-17-31-16-15-30-9-7-8-10-35(30)31;1-2;/h8,10-16,21,23,27,35H,5-6,19-20,22,24-25H2,1-4H3;1-2H3;1H/t27-,35?,37?;;/m1../s1. The van der Waals surface area contributed by atoms with Gasteiger partial charge in [0.15, 0.2) is 5.78 Å². The third kappa shape index (κ3) is 6.77. The molecule has 0 aromatic heterocycles. The van der Waals surface area contributed by atoms with Crippen LogP contribution in [-0.4, -0.2) is 5.78 Å². The molecule has 0 heterocycles. The highest BCUT2D eigenvalue weighted by molar-refractivity contribution is 5.98. The Balaban J connectivity index is 0.00000151. The number of hydrogen-bond donors (Lipinski definition) is 0. The fraction of sp³-hybridized carbons (Fsp3) is 0.410. The van der Waals surface area contributed by atoms with Crippen LogP contribution in [-0.2, 0) is 19.3 Å². The number of allylic oxidation sites excluding steroid dienone is 6. The summed E-state index contributed by atoms with van der Waals surface area (Å²) in [4.78, 5) is 13.3. The monoisotopic (exact) mass is 530 g/mol. The first kappa shape index (κ1) is 29.4. The molecule has 3 atom stereocenters. The van der Waals surface area contributed by atoms with E-state index >= 15 is 0 Å². The second-order valence-electron chi connectivity index (χ2n) is 11.7. The van der Waals surface area contributed by atoms with Crippen LogP contribution in [0.15, 0.2) is 71.8 Å². The lowest BCUT2D eigenvalue weighted by molar-refractivity contribution is 0.0993. The van der Waals surface area contributed by atoms with Gasteiger partial charge in [0.05, 0.1) is 0 Å². The predicted octanol–water partition coefficient (Wildman–Crippen LogP) is 9.42. The number of aryl methyl sites for hydroxylation is 2. The third-order valence-corrected chi connectivity index (χ3v) is 8.75. The Bertz CT molecular complexity index is 1480. The van der Waals surface area contributed by atoms with Crippen molar-refractivity contribution in [3.8, 4) is 23.7 Å². The Morgan fingerprint density at radius 3 is 2.65 bits per heavy atom. The lowest BCUT2D eigenvalue weighted by atomic mass is 9.79. The van der Waals surface area contributed by atoms with Crippen LogP contribution in [0, 0.1) is 47.9 Å². The van der Waals surface area contributed by atoms with Crippen LogP contribution >= 0.6 is 0 Å². The number of rotatable bonds is 7. The van der Waals surface area contributed by atoms with E-state index in [1.165, 1.54) is 36.8 Å². The minimum atomic E-state index is 0. The Morgan fingerprint density at radius 1 is 1.07 bits per heavy atom. The van der Waals surface area contributed by atoms with E-state index in [0.717, 1.165) is 52.2 Å². The van der Waals surface area contributed by atoms with Gasteiger partial charge in [-0.3, -0.25) is 4.79 Å². The maximum absolute atomic E-state index is 13.3. The summed E-state index contributed by atoms with van der Waals surface area (Å²) in [5.74, 6) is 14.1. The molecule has 0 spiro atoms. The number of carbonyl (C=O) groups excluding carboxylic acids is 1. The molecule has 1 fully saturated rings. The highest BCUT2D eigenvalue weighted by atomic mass is 16.1. The zero-order valence-corrected chi connectivity index (χ0v) is 25.3. The summed E-state index contributed by atoms with van der Waals surface area (Å²) in [6, 6.07) is 12.7. The zero-order chi connectivity index (χ0) is 28.7. The second kappa shape index (κ2) is 13.2. The lowest BCUT2D eigenvalue weighted by Crippen LogP contribution is -2.17. The smallest absolute Gasteiger partial charge is 0.167 e. The minimum absolute atomic E-state index is 0. The number of carbonyl (C=O) groups is 1. The van der Waals surface area contributed by atoms with Crippen LogP contribution < -0.4 is 0 Å². The molecule has 5 rings (SSSR count). The maximum atomic E-state index is 13.3. The minimum Gasteiger partial charge on any atom is -0.294 e. The fourth-order valence-electron chi connectivity index (χ4n) is 6.34. The van der Waals surface area contributed by atoms with E-state index in [1.54, 1.807) is 0 Å². The summed E-state index contributed by atoms with van der Waals surface area (Å²) in [6.07, 6.45) is 16.0. The maximum Gasteiger partial charge on any atom is 0.167 e. The van der Waals surface area contributed by atoms with E-state index in [0.29, 0.717) is 11.8 Å². The van der Waals surface area contributed by atoms with Gasteiger partial charge in [-0.1, -0.05) is 101 Å². The molecule has 0 amide bonds. The van der Waals surface area contributed by atoms with Crippen molar-refractivity contribution in [3.63, 3.8) is 0 Å². The van der Waals surface area contributed by atoms with Gasteiger partial charge in [-0.15, -0.1) is 0 Å². The molecule has 2 aromatic rings.